The number of carbonyl (C=O) groups is 1. The normalized spacial score (nSPS) is 11.5. The molecule has 2 N–H and O–H groups in total. The summed E-state index contributed by atoms with van der Waals surface area (Å²) in [5.41, 5.74) is 2.11. The number of aryl methyl sites for hydroxylation is 1. The van der Waals surface area contributed by atoms with Crippen molar-refractivity contribution < 1.29 is 4.79 Å². The molecule has 0 atom stereocenters. The predicted molar refractivity (Wildman–Crippen MR) is 94.4 cm³/mol. The van der Waals surface area contributed by atoms with Crippen molar-refractivity contribution in [3.63, 3.8) is 0 Å². The molecule has 5 nitrogen and oxygen atoms in total. The van der Waals surface area contributed by atoms with Gasteiger partial charge in [-0.15, -0.1) is 5.10 Å². The molecule has 0 saturated carbocycles. The second-order valence-corrected chi connectivity index (χ2v) is 7.03. The smallest absolute Gasteiger partial charge is 0.230 e. The highest BCUT2D eigenvalue weighted by atomic mass is 32.2. The number of hydrogen-bond donors (Lipinski definition) is 2. The van der Waals surface area contributed by atoms with E-state index in [9.17, 15) is 4.79 Å². The van der Waals surface area contributed by atoms with Crippen LogP contribution in [-0.4, -0.2) is 32.4 Å². The molecule has 1 aromatic heterocycles. The minimum absolute atomic E-state index is 0.000462. The number of thioether (sulfide) groups is 1. The van der Waals surface area contributed by atoms with E-state index in [4.69, 9.17) is 0 Å². The first kappa shape index (κ1) is 17.5. The fraction of sp³-hybridized carbons (Fsp3) is 0.471. The maximum Gasteiger partial charge on any atom is 0.230 e. The van der Waals surface area contributed by atoms with Gasteiger partial charge in [-0.3, -0.25) is 9.89 Å². The number of aromatic nitrogens is 3. The predicted octanol–water partition coefficient (Wildman–Crippen LogP) is 3.43. The zero-order valence-electron chi connectivity index (χ0n) is 14.1. The van der Waals surface area contributed by atoms with Crippen molar-refractivity contribution in [3.05, 3.63) is 29.8 Å². The highest BCUT2D eigenvalue weighted by molar-refractivity contribution is 7.99. The van der Waals surface area contributed by atoms with Gasteiger partial charge in [-0.25, -0.2) is 4.98 Å². The van der Waals surface area contributed by atoms with E-state index in [1.807, 2.05) is 26.0 Å². The Balaban J connectivity index is 1.93. The first-order valence-electron chi connectivity index (χ1n) is 7.89. The van der Waals surface area contributed by atoms with Crippen LogP contribution in [0.15, 0.2) is 29.4 Å². The van der Waals surface area contributed by atoms with Crippen LogP contribution in [0.4, 0.5) is 0 Å². The van der Waals surface area contributed by atoms with Gasteiger partial charge < -0.3 is 5.32 Å². The van der Waals surface area contributed by atoms with Crippen molar-refractivity contribution in [1.29, 1.82) is 0 Å². The summed E-state index contributed by atoms with van der Waals surface area (Å²) in [7, 11) is 0. The van der Waals surface area contributed by atoms with E-state index in [0.717, 1.165) is 24.2 Å². The number of nitrogens with zero attached hydrogens (tertiary/aromatic N) is 2. The first-order chi connectivity index (χ1) is 10.9. The van der Waals surface area contributed by atoms with Gasteiger partial charge in [0, 0.05) is 11.1 Å². The molecule has 1 aromatic carbocycles. The molecule has 6 heteroatoms. The maximum absolute atomic E-state index is 11.9. The lowest BCUT2D eigenvalue weighted by molar-refractivity contribution is -0.120. The summed E-state index contributed by atoms with van der Waals surface area (Å²) < 4.78 is 0. The molecule has 23 heavy (non-hydrogen) atoms. The third-order valence-corrected chi connectivity index (χ3v) is 4.64. The molecule has 0 aliphatic heterocycles. The van der Waals surface area contributed by atoms with Crippen molar-refractivity contribution in [1.82, 2.24) is 20.5 Å². The van der Waals surface area contributed by atoms with Crippen molar-refractivity contribution in [2.24, 2.45) is 0 Å². The van der Waals surface area contributed by atoms with Gasteiger partial charge >= 0.3 is 0 Å². The molecular weight excluding hydrogens is 308 g/mol. The molecule has 1 amide bonds. The van der Waals surface area contributed by atoms with Crippen LogP contribution in [0.2, 0.25) is 0 Å². The van der Waals surface area contributed by atoms with Gasteiger partial charge in [-0.05, 0) is 32.3 Å². The van der Waals surface area contributed by atoms with Crippen LogP contribution in [0.25, 0.3) is 11.4 Å². The summed E-state index contributed by atoms with van der Waals surface area (Å²) in [5.74, 6) is 1.04. The molecule has 0 saturated heterocycles. The van der Waals surface area contributed by atoms with E-state index in [-0.39, 0.29) is 11.4 Å². The largest absolute Gasteiger partial charge is 0.351 e. The maximum atomic E-state index is 11.9. The van der Waals surface area contributed by atoms with Gasteiger partial charge in [0.05, 0.1) is 5.75 Å². The monoisotopic (exact) mass is 332 g/mol. The van der Waals surface area contributed by atoms with Crippen molar-refractivity contribution in [2.75, 3.05) is 5.75 Å². The van der Waals surface area contributed by atoms with E-state index in [1.54, 1.807) is 0 Å². The number of rotatable bonds is 7. The van der Waals surface area contributed by atoms with Gasteiger partial charge in [0.25, 0.3) is 0 Å². The third-order valence-electron chi connectivity index (χ3n) is 3.79. The van der Waals surface area contributed by atoms with E-state index in [2.05, 4.69) is 46.5 Å². The van der Waals surface area contributed by atoms with Gasteiger partial charge in [0.15, 0.2) is 5.82 Å². The Morgan fingerprint density at radius 3 is 2.57 bits per heavy atom. The Kier molecular flexibility index (Phi) is 5.82. The minimum atomic E-state index is -0.178. The van der Waals surface area contributed by atoms with Gasteiger partial charge in [0.1, 0.15) is 0 Å². The van der Waals surface area contributed by atoms with E-state index >= 15 is 0 Å². The topological polar surface area (TPSA) is 70.7 Å². The summed E-state index contributed by atoms with van der Waals surface area (Å²) in [6.07, 6.45) is 1.91. The Morgan fingerprint density at radius 2 is 1.96 bits per heavy atom. The average molecular weight is 332 g/mol. The van der Waals surface area contributed by atoms with Crippen LogP contribution in [0, 0.1) is 0 Å². The summed E-state index contributed by atoms with van der Waals surface area (Å²) >= 11 is 1.34. The second kappa shape index (κ2) is 7.64. The molecule has 0 aliphatic carbocycles. The molecule has 1 heterocycles. The van der Waals surface area contributed by atoms with Crippen LogP contribution >= 0.6 is 11.8 Å². The van der Waals surface area contributed by atoms with Crippen LogP contribution in [-0.2, 0) is 11.2 Å². The number of H-pyrrole nitrogens is 1. The fourth-order valence-corrected chi connectivity index (χ4v) is 2.57. The van der Waals surface area contributed by atoms with Gasteiger partial charge in [0.2, 0.25) is 11.1 Å². The Bertz CT molecular complexity index is 649. The van der Waals surface area contributed by atoms with E-state index in [1.165, 1.54) is 17.3 Å². The van der Waals surface area contributed by atoms with Crippen molar-refractivity contribution in [3.8, 4) is 11.4 Å². The lowest BCUT2D eigenvalue weighted by Crippen LogP contribution is -2.43. The van der Waals surface area contributed by atoms with E-state index in [0.29, 0.717) is 10.9 Å². The Hall–Kier alpha value is -1.82. The Labute approximate surface area is 141 Å². The molecule has 2 aromatic rings. The quantitative estimate of drug-likeness (QED) is 0.762. The zero-order valence-corrected chi connectivity index (χ0v) is 15.0. The molecule has 0 aliphatic rings. The highest BCUT2D eigenvalue weighted by Gasteiger charge is 2.18. The summed E-state index contributed by atoms with van der Waals surface area (Å²) in [6, 6.07) is 8.24. The molecule has 0 radical (unpaired) electrons. The van der Waals surface area contributed by atoms with Crippen LogP contribution in [0.5, 0.6) is 0 Å². The Morgan fingerprint density at radius 1 is 1.26 bits per heavy atom. The van der Waals surface area contributed by atoms with Crippen LogP contribution < -0.4 is 5.32 Å². The molecule has 0 spiro atoms. The van der Waals surface area contributed by atoms with Crippen molar-refractivity contribution in [2.45, 2.75) is 51.2 Å². The van der Waals surface area contributed by atoms with Gasteiger partial charge in [-0.2, -0.15) is 0 Å². The number of carbonyl (C=O) groups excluding carboxylic acids is 1. The second-order valence-electron chi connectivity index (χ2n) is 6.09. The first-order valence-corrected chi connectivity index (χ1v) is 8.87. The van der Waals surface area contributed by atoms with Crippen molar-refractivity contribution >= 4 is 17.7 Å². The average Bonchev–Trinajstić information content (AvgIpc) is 3.01. The van der Waals surface area contributed by atoms with Crippen LogP contribution in [0.3, 0.4) is 0 Å². The lowest BCUT2D eigenvalue weighted by atomic mass is 10.0. The lowest BCUT2D eigenvalue weighted by Gasteiger charge is -2.24. The van der Waals surface area contributed by atoms with E-state index < -0.39 is 0 Å². The third kappa shape index (κ3) is 5.10. The summed E-state index contributed by atoms with van der Waals surface area (Å²) in [5, 5.41) is 10.7. The number of aromatic amines is 1. The number of nitrogens with one attached hydrogen (secondary N) is 2. The number of amides is 1. The number of hydrogen-bond acceptors (Lipinski definition) is 4. The van der Waals surface area contributed by atoms with Crippen LogP contribution in [0.1, 0.15) is 39.7 Å². The standard InChI is InChI=1S/C17H24N4OS/c1-5-12-7-9-13(10-8-12)15-18-16(21-20-15)23-11-14(22)19-17(3,4)6-2/h7-10H,5-6,11H2,1-4H3,(H,19,22)(H,18,20,21). The van der Waals surface area contributed by atoms with Gasteiger partial charge in [-0.1, -0.05) is 49.9 Å². The molecule has 0 unspecified atom stereocenters. The minimum Gasteiger partial charge on any atom is -0.351 e. The molecule has 124 valence electrons. The fourth-order valence-electron chi connectivity index (χ4n) is 1.97. The molecule has 0 bridgehead atoms. The SMILES string of the molecule is CCc1ccc(-c2nc(SCC(=O)NC(C)(C)CC)n[nH]2)cc1. The molecular formula is C17H24N4OS. The molecule has 0 fully saturated rings. The summed E-state index contributed by atoms with van der Waals surface area (Å²) in [6.45, 7) is 8.21. The zero-order chi connectivity index (χ0) is 16.9. The number of benzene rings is 1. The summed E-state index contributed by atoms with van der Waals surface area (Å²) in [4.78, 5) is 16.4. The highest BCUT2D eigenvalue weighted by Crippen LogP contribution is 2.20. The molecule has 2 rings (SSSR count).